The van der Waals surface area contributed by atoms with Gasteiger partial charge in [0.05, 0.1) is 11.3 Å². The number of nitrogens with one attached hydrogen (secondary N) is 1. The molecule has 0 aliphatic carbocycles. The van der Waals surface area contributed by atoms with Gasteiger partial charge in [-0.1, -0.05) is 0 Å². The van der Waals surface area contributed by atoms with Gasteiger partial charge in [-0.05, 0) is 47.2 Å². The van der Waals surface area contributed by atoms with Crippen molar-refractivity contribution in [2.45, 2.75) is 6.92 Å². The van der Waals surface area contributed by atoms with Crippen LogP contribution < -0.4 is 5.32 Å². The van der Waals surface area contributed by atoms with Crippen molar-refractivity contribution in [1.82, 2.24) is 0 Å². The van der Waals surface area contributed by atoms with Crippen LogP contribution in [0.4, 0.5) is 5.69 Å². The van der Waals surface area contributed by atoms with Gasteiger partial charge in [0, 0.05) is 10.6 Å². The van der Waals surface area contributed by atoms with Gasteiger partial charge in [-0.3, -0.25) is 0 Å². The minimum absolute atomic E-state index is 0.334. The number of carbonyl (C=O) groups is 1. The Labute approximate surface area is 90.3 Å². The summed E-state index contributed by atoms with van der Waals surface area (Å²) in [4.78, 5) is 10.7. The third-order valence-electron chi connectivity index (χ3n) is 1.78. The van der Waals surface area contributed by atoms with Gasteiger partial charge in [0.15, 0.2) is 0 Å². The lowest BCUT2D eigenvalue weighted by atomic mass is 10.1. The molecule has 0 bridgehead atoms. The summed E-state index contributed by atoms with van der Waals surface area (Å²) >= 11 is 2.12. The Balaban J connectivity index is 3.28. The molecule has 0 fully saturated rings. The Kier molecular flexibility index (Phi) is 3.13. The summed E-state index contributed by atoms with van der Waals surface area (Å²) in [5.74, 6) is -0.885. The smallest absolute Gasteiger partial charge is 0.335 e. The molecule has 1 aromatic rings. The van der Waals surface area contributed by atoms with Crippen molar-refractivity contribution < 1.29 is 9.90 Å². The molecule has 0 aliphatic rings. The Morgan fingerprint density at radius 1 is 1.54 bits per heavy atom. The topological polar surface area (TPSA) is 49.3 Å². The van der Waals surface area contributed by atoms with Crippen molar-refractivity contribution >= 4 is 34.2 Å². The fourth-order valence-corrected chi connectivity index (χ4v) is 2.21. The van der Waals surface area contributed by atoms with Gasteiger partial charge in [-0.25, -0.2) is 4.79 Å². The molecule has 0 spiro atoms. The average Bonchev–Trinajstić information content (AvgIpc) is 2.03. The summed E-state index contributed by atoms with van der Waals surface area (Å²) in [6.45, 7) is 1.89. The van der Waals surface area contributed by atoms with Crippen molar-refractivity contribution in [2.75, 3.05) is 12.4 Å². The number of benzene rings is 1. The van der Waals surface area contributed by atoms with Gasteiger partial charge in [0.25, 0.3) is 0 Å². The van der Waals surface area contributed by atoms with Gasteiger partial charge in [0.2, 0.25) is 0 Å². The molecule has 0 aliphatic heterocycles. The highest BCUT2D eigenvalue weighted by atomic mass is 127. The minimum atomic E-state index is -0.885. The van der Waals surface area contributed by atoms with E-state index in [1.807, 2.05) is 14.0 Å². The first-order chi connectivity index (χ1) is 6.06. The fourth-order valence-electron chi connectivity index (χ4n) is 1.18. The van der Waals surface area contributed by atoms with E-state index in [0.717, 1.165) is 14.8 Å². The highest BCUT2D eigenvalue weighted by molar-refractivity contribution is 14.1. The monoisotopic (exact) mass is 291 g/mol. The second-order valence-electron chi connectivity index (χ2n) is 2.71. The molecule has 13 heavy (non-hydrogen) atoms. The number of hydrogen-bond donors (Lipinski definition) is 2. The Bertz CT molecular complexity index is 326. The molecule has 0 saturated heterocycles. The van der Waals surface area contributed by atoms with Crippen LogP contribution in [0.2, 0.25) is 0 Å². The molecule has 4 heteroatoms. The number of aromatic carboxylic acids is 1. The molecular weight excluding hydrogens is 281 g/mol. The highest BCUT2D eigenvalue weighted by Gasteiger charge is 2.08. The number of carboxylic acid groups (broad SMARTS) is 1. The van der Waals surface area contributed by atoms with Gasteiger partial charge < -0.3 is 10.4 Å². The van der Waals surface area contributed by atoms with E-state index in [-0.39, 0.29) is 0 Å². The number of hydrogen-bond acceptors (Lipinski definition) is 2. The third kappa shape index (κ3) is 2.12. The molecular formula is C9H10INO2. The predicted molar refractivity (Wildman–Crippen MR) is 60.4 cm³/mol. The first-order valence-corrected chi connectivity index (χ1v) is 4.85. The van der Waals surface area contributed by atoms with E-state index in [9.17, 15) is 4.79 Å². The fraction of sp³-hybridized carbons (Fsp3) is 0.222. The molecule has 0 heterocycles. The van der Waals surface area contributed by atoms with E-state index in [4.69, 9.17) is 5.11 Å². The quantitative estimate of drug-likeness (QED) is 0.822. The van der Waals surface area contributed by atoms with Crippen LogP contribution in [0.1, 0.15) is 15.9 Å². The van der Waals surface area contributed by atoms with Gasteiger partial charge in [-0.15, -0.1) is 0 Å². The lowest BCUT2D eigenvalue weighted by molar-refractivity contribution is 0.0696. The SMILES string of the molecule is CNc1c(C)cc(C(=O)O)cc1I. The van der Waals surface area contributed by atoms with E-state index in [0.29, 0.717) is 5.56 Å². The summed E-state index contributed by atoms with van der Waals surface area (Å²) in [7, 11) is 1.82. The predicted octanol–water partition coefficient (Wildman–Crippen LogP) is 2.34. The molecule has 70 valence electrons. The van der Waals surface area contributed by atoms with Crippen molar-refractivity contribution in [3.05, 3.63) is 26.8 Å². The zero-order chi connectivity index (χ0) is 10.0. The van der Waals surface area contributed by atoms with Crippen molar-refractivity contribution in [3.63, 3.8) is 0 Å². The average molecular weight is 291 g/mol. The second kappa shape index (κ2) is 3.95. The Morgan fingerprint density at radius 3 is 2.54 bits per heavy atom. The Hall–Kier alpha value is -0.780. The van der Waals surface area contributed by atoms with E-state index >= 15 is 0 Å². The van der Waals surface area contributed by atoms with Crippen molar-refractivity contribution in [3.8, 4) is 0 Å². The van der Waals surface area contributed by atoms with Gasteiger partial charge >= 0.3 is 5.97 Å². The normalized spacial score (nSPS) is 9.77. The summed E-state index contributed by atoms with van der Waals surface area (Å²) in [6.07, 6.45) is 0. The molecule has 3 nitrogen and oxygen atoms in total. The first kappa shape index (κ1) is 10.3. The van der Waals surface area contributed by atoms with Gasteiger partial charge in [-0.2, -0.15) is 0 Å². The molecule has 0 aromatic heterocycles. The third-order valence-corrected chi connectivity index (χ3v) is 2.64. The summed E-state index contributed by atoms with van der Waals surface area (Å²) in [5, 5.41) is 11.8. The van der Waals surface area contributed by atoms with Gasteiger partial charge in [0.1, 0.15) is 0 Å². The maximum Gasteiger partial charge on any atom is 0.335 e. The van der Waals surface area contributed by atoms with Crippen LogP contribution in [0.3, 0.4) is 0 Å². The maximum atomic E-state index is 10.7. The van der Waals surface area contributed by atoms with Crippen LogP contribution in [0.15, 0.2) is 12.1 Å². The number of rotatable bonds is 2. The van der Waals surface area contributed by atoms with Crippen molar-refractivity contribution in [1.29, 1.82) is 0 Å². The van der Waals surface area contributed by atoms with E-state index in [1.54, 1.807) is 12.1 Å². The van der Waals surface area contributed by atoms with E-state index in [1.165, 1.54) is 0 Å². The van der Waals surface area contributed by atoms with E-state index < -0.39 is 5.97 Å². The number of halogens is 1. The van der Waals surface area contributed by atoms with Crippen LogP contribution in [-0.4, -0.2) is 18.1 Å². The number of carboxylic acids is 1. The lowest BCUT2D eigenvalue weighted by Crippen LogP contribution is -2.01. The van der Waals surface area contributed by atoms with E-state index in [2.05, 4.69) is 27.9 Å². The number of anilines is 1. The summed E-state index contributed by atoms with van der Waals surface area (Å²) in [6, 6.07) is 3.32. The molecule has 0 atom stereocenters. The van der Waals surface area contributed by atoms with Crippen molar-refractivity contribution in [2.24, 2.45) is 0 Å². The molecule has 0 saturated carbocycles. The van der Waals surface area contributed by atoms with Crippen LogP contribution in [0, 0.1) is 10.5 Å². The largest absolute Gasteiger partial charge is 0.478 e. The maximum absolute atomic E-state index is 10.7. The first-order valence-electron chi connectivity index (χ1n) is 3.77. The van der Waals surface area contributed by atoms with Crippen LogP contribution in [0.25, 0.3) is 0 Å². The number of aryl methyl sites for hydroxylation is 1. The standard InChI is InChI=1S/C9H10INO2/c1-5-3-6(9(12)13)4-7(10)8(5)11-2/h3-4,11H,1-2H3,(H,12,13). The highest BCUT2D eigenvalue weighted by Crippen LogP contribution is 2.23. The second-order valence-corrected chi connectivity index (χ2v) is 3.87. The molecule has 1 aromatic carbocycles. The molecule has 2 N–H and O–H groups in total. The molecule has 0 unspecified atom stereocenters. The summed E-state index contributed by atoms with van der Waals surface area (Å²) < 4.78 is 0.928. The molecule has 0 radical (unpaired) electrons. The van der Waals surface area contributed by atoms with Crippen LogP contribution in [0.5, 0.6) is 0 Å². The summed E-state index contributed by atoms with van der Waals surface area (Å²) in [5.41, 5.74) is 2.28. The zero-order valence-corrected chi connectivity index (χ0v) is 9.55. The van der Waals surface area contributed by atoms with Crippen LogP contribution >= 0.6 is 22.6 Å². The van der Waals surface area contributed by atoms with Crippen LogP contribution in [-0.2, 0) is 0 Å². The Morgan fingerprint density at radius 2 is 2.15 bits per heavy atom. The molecule has 0 amide bonds. The minimum Gasteiger partial charge on any atom is -0.478 e. The lowest BCUT2D eigenvalue weighted by Gasteiger charge is -2.08. The molecule has 1 rings (SSSR count). The zero-order valence-electron chi connectivity index (χ0n) is 7.39.